The number of rotatable bonds is 3. The Kier molecular flexibility index (Phi) is 3.74. The van der Waals surface area contributed by atoms with Crippen molar-refractivity contribution in [3.05, 3.63) is 0 Å². The molecule has 2 nitrogen and oxygen atoms in total. The van der Waals surface area contributed by atoms with Crippen molar-refractivity contribution in [2.45, 2.75) is 44.1 Å². The summed E-state index contributed by atoms with van der Waals surface area (Å²) < 4.78 is 10.8. The molecule has 1 rings (SSSR count). The van der Waals surface area contributed by atoms with E-state index in [2.05, 4.69) is 6.92 Å². The third-order valence-corrected chi connectivity index (χ3v) is 5.05. The molecule has 1 saturated carbocycles. The minimum atomic E-state index is -1.02. The third-order valence-electron chi connectivity index (χ3n) is 2.82. The molecular weight excluding hydrogens is 168 g/mol. The summed E-state index contributed by atoms with van der Waals surface area (Å²) in [5.74, 6) is 0. The smallest absolute Gasteiger partial charge is 0.390 e. The molecule has 0 spiro atoms. The Morgan fingerprint density at radius 2 is 1.50 bits per heavy atom. The van der Waals surface area contributed by atoms with E-state index >= 15 is 0 Å². The van der Waals surface area contributed by atoms with Crippen molar-refractivity contribution in [2.24, 2.45) is 0 Å². The lowest BCUT2D eigenvalue weighted by atomic mass is 9.90. The fraction of sp³-hybridized carbons (Fsp3) is 1.00. The van der Waals surface area contributed by atoms with E-state index in [4.69, 9.17) is 8.85 Å². The Labute approximate surface area is 77.1 Å². The minimum Gasteiger partial charge on any atom is -0.396 e. The number of hydrogen-bond acceptors (Lipinski definition) is 2. The Balaban J connectivity index is 2.53. The molecule has 0 atom stereocenters. The summed E-state index contributed by atoms with van der Waals surface area (Å²) in [5, 5.41) is 0.354. The van der Waals surface area contributed by atoms with Gasteiger partial charge >= 0.3 is 9.28 Å². The van der Waals surface area contributed by atoms with E-state index in [-0.39, 0.29) is 0 Å². The van der Waals surface area contributed by atoms with Crippen LogP contribution in [0.3, 0.4) is 0 Å². The van der Waals surface area contributed by atoms with Gasteiger partial charge in [-0.2, -0.15) is 0 Å². The van der Waals surface area contributed by atoms with E-state index in [0.717, 1.165) is 0 Å². The second-order valence-electron chi connectivity index (χ2n) is 3.82. The Bertz CT molecular complexity index is 128. The second kappa shape index (κ2) is 4.39. The van der Waals surface area contributed by atoms with Crippen molar-refractivity contribution < 1.29 is 8.85 Å². The maximum absolute atomic E-state index is 5.42. The predicted octanol–water partition coefficient (Wildman–Crippen LogP) is 2.49. The van der Waals surface area contributed by atoms with Crippen molar-refractivity contribution in [1.82, 2.24) is 0 Å². The molecule has 0 unspecified atom stereocenters. The van der Waals surface area contributed by atoms with Gasteiger partial charge in [0.15, 0.2) is 0 Å². The zero-order valence-corrected chi connectivity index (χ0v) is 9.35. The second-order valence-corrected chi connectivity index (χ2v) is 6.42. The van der Waals surface area contributed by atoms with E-state index in [0.29, 0.717) is 5.04 Å². The summed E-state index contributed by atoms with van der Waals surface area (Å²) in [7, 11) is 2.53. The highest BCUT2D eigenvalue weighted by atomic mass is 28.3. The first-order chi connectivity index (χ1) is 5.73. The van der Waals surface area contributed by atoms with Crippen LogP contribution in [0.2, 0.25) is 5.04 Å². The van der Waals surface area contributed by atoms with Crippen molar-refractivity contribution in [2.75, 3.05) is 14.2 Å². The standard InChI is InChI=1S/C9H19O2Si/c1-9(12(10-2)11-3)7-5-4-6-8-9/h4-8H2,1-3H3. The van der Waals surface area contributed by atoms with E-state index in [1.807, 2.05) is 0 Å². The Morgan fingerprint density at radius 3 is 1.92 bits per heavy atom. The first-order valence-corrected chi connectivity index (χ1v) is 6.00. The lowest BCUT2D eigenvalue weighted by molar-refractivity contribution is 0.219. The van der Waals surface area contributed by atoms with Gasteiger partial charge in [-0.15, -0.1) is 0 Å². The Hall–Kier alpha value is 0.137. The molecule has 12 heavy (non-hydrogen) atoms. The van der Waals surface area contributed by atoms with Gasteiger partial charge in [-0.05, 0) is 12.8 Å². The largest absolute Gasteiger partial charge is 0.396 e. The summed E-state index contributed by atoms with van der Waals surface area (Å²) in [6.07, 6.45) is 6.64. The van der Waals surface area contributed by atoms with Gasteiger partial charge in [-0.1, -0.05) is 26.2 Å². The first-order valence-electron chi connectivity index (χ1n) is 4.68. The lowest BCUT2D eigenvalue weighted by Gasteiger charge is -2.35. The quantitative estimate of drug-likeness (QED) is 0.632. The van der Waals surface area contributed by atoms with Crippen LogP contribution in [0.25, 0.3) is 0 Å². The van der Waals surface area contributed by atoms with Gasteiger partial charge in [-0.25, -0.2) is 0 Å². The predicted molar refractivity (Wildman–Crippen MR) is 51.2 cm³/mol. The molecule has 0 amide bonds. The molecule has 0 bridgehead atoms. The van der Waals surface area contributed by atoms with Gasteiger partial charge in [0.2, 0.25) is 0 Å². The van der Waals surface area contributed by atoms with Gasteiger partial charge in [0.1, 0.15) is 0 Å². The van der Waals surface area contributed by atoms with E-state index in [1.54, 1.807) is 14.2 Å². The maximum Gasteiger partial charge on any atom is 0.390 e. The molecule has 0 aromatic carbocycles. The first kappa shape index (κ1) is 10.2. The molecule has 0 saturated heterocycles. The minimum absolute atomic E-state index is 0.354. The molecule has 0 aromatic heterocycles. The monoisotopic (exact) mass is 187 g/mol. The van der Waals surface area contributed by atoms with Crippen LogP contribution in [0.4, 0.5) is 0 Å². The Morgan fingerprint density at radius 1 is 1.00 bits per heavy atom. The van der Waals surface area contributed by atoms with Crippen LogP contribution < -0.4 is 0 Å². The van der Waals surface area contributed by atoms with Gasteiger partial charge in [0.25, 0.3) is 0 Å². The van der Waals surface area contributed by atoms with Gasteiger partial charge in [0, 0.05) is 19.3 Å². The zero-order valence-electron chi connectivity index (χ0n) is 8.35. The maximum atomic E-state index is 5.42. The van der Waals surface area contributed by atoms with Crippen molar-refractivity contribution >= 4 is 9.28 Å². The van der Waals surface area contributed by atoms with Crippen LogP contribution >= 0.6 is 0 Å². The summed E-state index contributed by atoms with van der Waals surface area (Å²) in [6.45, 7) is 2.31. The van der Waals surface area contributed by atoms with Gasteiger partial charge < -0.3 is 8.85 Å². The molecule has 3 heteroatoms. The van der Waals surface area contributed by atoms with E-state index < -0.39 is 9.28 Å². The summed E-state index contributed by atoms with van der Waals surface area (Å²) in [6, 6.07) is 0. The summed E-state index contributed by atoms with van der Waals surface area (Å²) >= 11 is 0. The lowest BCUT2D eigenvalue weighted by Crippen LogP contribution is -2.36. The van der Waals surface area contributed by atoms with Crippen LogP contribution in [0.1, 0.15) is 39.0 Å². The molecule has 1 aliphatic rings. The average molecular weight is 187 g/mol. The van der Waals surface area contributed by atoms with Crippen LogP contribution in [-0.4, -0.2) is 23.5 Å². The topological polar surface area (TPSA) is 18.5 Å². The molecule has 1 aliphatic carbocycles. The average Bonchev–Trinajstić information content (AvgIpc) is 2.07. The highest BCUT2D eigenvalue weighted by Gasteiger charge is 2.39. The molecule has 1 radical (unpaired) electrons. The fourth-order valence-electron chi connectivity index (χ4n) is 2.11. The summed E-state index contributed by atoms with van der Waals surface area (Å²) in [5.41, 5.74) is 0. The molecule has 0 N–H and O–H groups in total. The van der Waals surface area contributed by atoms with Crippen LogP contribution in [0.15, 0.2) is 0 Å². The molecule has 0 aromatic rings. The van der Waals surface area contributed by atoms with Gasteiger partial charge in [0.05, 0.1) is 0 Å². The number of hydrogen-bond donors (Lipinski definition) is 0. The van der Waals surface area contributed by atoms with Crippen LogP contribution in [0, 0.1) is 0 Å². The van der Waals surface area contributed by atoms with E-state index in [1.165, 1.54) is 32.1 Å². The highest BCUT2D eigenvalue weighted by Crippen LogP contribution is 2.44. The van der Waals surface area contributed by atoms with Crippen LogP contribution in [-0.2, 0) is 8.85 Å². The third kappa shape index (κ3) is 2.09. The van der Waals surface area contributed by atoms with Crippen LogP contribution in [0.5, 0.6) is 0 Å². The van der Waals surface area contributed by atoms with Crippen molar-refractivity contribution in [3.8, 4) is 0 Å². The van der Waals surface area contributed by atoms with Gasteiger partial charge in [-0.3, -0.25) is 0 Å². The zero-order chi connectivity index (χ0) is 9.03. The molecule has 1 fully saturated rings. The highest BCUT2D eigenvalue weighted by molar-refractivity contribution is 6.48. The van der Waals surface area contributed by atoms with Crippen molar-refractivity contribution in [3.63, 3.8) is 0 Å². The normalized spacial score (nSPS) is 23.0. The molecular formula is C9H19O2Si. The summed E-state index contributed by atoms with van der Waals surface area (Å²) in [4.78, 5) is 0. The van der Waals surface area contributed by atoms with E-state index in [9.17, 15) is 0 Å². The fourth-order valence-corrected chi connectivity index (χ4v) is 4.03. The van der Waals surface area contributed by atoms with Crippen molar-refractivity contribution in [1.29, 1.82) is 0 Å². The SMILES string of the molecule is CO[Si](OC)C1(C)CCCCC1. The molecule has 0 heterocycles. The molecule has 0 aliphatic heterocycles. The molecule has 71 valence electrons.